The normalized spacial score (nSPS) is 22.5. The number of benzene rings is 2. The molecule has 0 saturated carbocycles. The van der Waals surface area contributed by atoms with E-state index in [-0.39, 0.29) is 17.8 Å². The average Bonchev–Trinajstić information content (AvgIpc) is 2.50. The minimum Gasteiger partial charge on any atom is -0.336 e. The molecule has 0 spiro atoms. The van der Waals surface area contributed by atoms with E-state index in [1.165, 1.54) is 6.07 Å². The summed E-state index contributed by atoms with van der Waals surface area (Å²) in [6, 6.07) is 10.5. The zero-order chi connectivity index (χ0) is 15.0. The Labute approximate surface area is 124 Å². The Morgan fingerprint density at radius 3 is 2.57 bits per heavy atom. The summed E-state index contributed by atoms with van der Waals surface area (Å²) in [5, 5.41) is 1.22. The Kier molecular flexibility index (Phi) is 3.66. The van der Waals surface area contributed by atoms with Crippen molar-refractivity contribution in [3.63, 3.8) is 0 Å². The molecule has 1 aliphatic rings. The van der Waals surface area contributed by atoms with Gasteiger partial charge in [0.15, 0.2) is 0 Å². The van der Waals surface area contributed by atoms with Gasteiger partial charge >= 0.3 is 0 Å². The van der Waals surface area contributed by atoms with Crippen LogP contribution in [0.15, 0.2) is 36.4 Å². The van der Waals surface area contributed by atoms with Gasteiger partial charge in [-0.3, -0.25) is 4.79 Å². The van der Waals surface area contributed by atoms with Crippen molar-refractivity contribution < 1.29 is 9.18 Å². The van der Waals surface area contributed by atoms with Crippen LogP contribution in [0, 0.1) is 11.7 Å². The lowest BCUT2D eigenvalue weighted by Gasteiger charge is -2.37. The van der Waals surface area contributed by atoms with Gasteiger partial charge in [-0.05, 0) is 43.2 Å². The van der Waals surface area contributed by atoms with Crippen LogP contribution in [0.4, 0.5) is 4.39 Å². The Morgan fingerprint density at radius 2 is 1.81 bits per heavy atom. The molecule has 2 aromatic rings. The molecular formula is C18H20FNO. The van der Waals surface area contributed by atoms with E-state index >= 15 is 0 Å². The van der Waals surface area contributed by atoms with Gasteiger partial charge in [0.2, 0.25) is 0 Å². The first-order chi connectivity index (χ1) is 10.1. The molecule has 1 fully saturated rings. The molecule has 0 bridgehead atoms. The van der Waals surface area contributed by atoms with E-state index in [0.29, 0.717) is 22.3 Å². The number of nitrogens with zero attached hydrogens (tertiary/aromatic N) is 1. The number of hydrogen-bond acceptors (Lipinski definition) is 1. The molecule has 0 aliphatic carbocycles. The first-order valence-electron chi connectivity index (χ1n) is 7.56. The van der Waals surface area contributed by atoms with Gasteiger partial charge < -0.3 is 4.90 Å². The molecule has 0 N–H and O–H groups in total. The van der Waals surface area contributed by atoms with E-state index in [1.54, 1.807) is 18.2 Å². The van der Waals surface area contributed by atoms with E-state index in [2.05, 4.69) is 13.8 Å². The van der Waals surface area contributed by atoms with Crippen LogP contribution in [0.5, 0.6) is 0 Å². The Hall–Kier alpha value is -1.90. The molecule has 2 atom stereocenters. The number of piperidine rings is 1. The summed E-state index contributed by atoms with van der Waals surface area (Å²) in [4.78, 5) is 14.8. The third-order valence-corrected chi connectivity index (χ3v) is 4.48. The van der Waals surface area contributed by atoms with Crippen LogP contribution in [0.1, 0.15) is 37.0 Å². The van der Waals surface area contributed by atoms with E-state index in [4.69, 9.17) is 0 Å². The lowest BCUT2D eigenvalue weighted by Crippen LogP contribution is -2.45. The molecule has 1 heterocycles. The van der Waals surface area contributed by atoms with Gasteiger partial charge in [0.25, 0.3) is 5.91 Å². The maximum Gasteiger partial charge on any atom is 0.254 e. The van der Waals surface area contributed by atoms with Crippen LogP contribution in [0.3, 0.4) is 0 Å². The second kappa shape index (κ2) is 5.47. The predicted molar refractivity (Wildman–Crippen MR) is 82.8 cm³/mol. The maximum atomic E-state index is 13.9. The quantitative estimate of drug-likeness (QED) is 0.767. The number of carbonyl (C=O) groups excluding carboxylic acids is 1. The summed E-state index contributed by atoms with van der Waals surface area (Å²) in [5.41, 5.74) is 0.605. The van der Waals surface area contributed by atoms with Gasteiger partial charge in [-0.25, -0.2) is 4.39 Å². The molecule has 0 aromatic heterocycles. The molecule has 1 saturated heterocycles. The average molecular weight is 285 g/mol. The molecule has 2 unspecified atom stereocenters. The second-order valence-electron chi connectivity index (χ2n) is 6.13. The minimum atomic E-state index is -0.276. The largest absolute Gasteiger partial charge is 0.336 e. The van der Waals surface area contributed by atoms with Crippen molar-refractivity contribution in [3.8, 4) is 0 Å². The van der Waals surface area contributed by atoms with Gasteiger partial charge in [-0.2, -0.15) is 0 Å². The Morgan fingerprint density at radius 1 is 1.10 bits per heavy atom. The molecule has 3 heteroatoms. The highest BCUT2D eigenvalue weighted by Gasteiger charge is 2.28. The third-order valence-electron chi connectivity index (χ3n) is 4.48. The second-order valence-corrected chi connectivity index (χ2v) is 6.13. The van der Waals surface area contributed by atoms with Crippen LogP contribution < -0.4 is 0 Å². The lowest BCUT2D eigenvalue weighted by atomic mass is 9.93. The molecule has 1 aliphatic heterocycles. The van der Waals surface area contributed by atoms with Crippen LogP contribution >= 0.6 is 0 Å². The van der Waals surface area contributed by atoms with Crippen molar-refractivity contribution in [1.82, 2.24) is 4.90 Å². The summed E-state index contributed by atoms with van der Waals surface area (Å²) < 4.78 is 13.9. The summed E-state index contributed by atoms with van der Waals surface area (Å²) in [7, 11) is 0. The molecular weight excluding hydrogens is 265 g/mol. The van der Waals surface area contributed by atoms with E-state index in [9.17, 15) is 9.18 Å². The number of halogens is 1. The van der Waals surface area contributed by atoms with Crippen LogP contribution in [0.25, 0.3) is 10.8 Å². The minimum absolute atomic E-state index is 0.0188. The zero-order valence-electron chi connectivity index (χ0n) is 12.5. The number of rotatable bonds is 1. The van der Waals surface area contributed by atoms with Crippen molar-refractivity contribution in [2.24, 2.45) is 5.92 Å². The number of likely N-dealkylation sites (tertiary alicyclic amines) is 1. The van der Waals surface area contributed by atoms with Crippen LogP contribution in [-0.2, 0) is 0 Å². The van der Waals surface area contributed by atoms with Crippen LogP contribution in [0.2, 0.25) is 0 Å². The third kappa shape index (κ3) is 2.53. The van der Waals surface area contributed by atoms with Crippen molar-refractivity contribution >= 4 is 16.7 Å². The SMILES string of the molecule is CC1CCC(C)N(C(=O)c2ccc(F)c3ccccc23)C1. The standard InChI is InChI=1S/C18H20FNO/c1-12-7-8-13(2)20(11-12)18(21)16-9-10-17(19)15-6-4-3-5-14(15)16/h3-6,9-10,12-13H,7-8,11H2,1-2H3. The highest BCUT2D eigenvalue weighted by molar-refractivity contribution is 6.07. The van der Waals surface area contributed by atoms with E-state index in [1.807, 2.05) is 17.0 Å². The highest BCUT2D eigenvalue weighted by Crippen LogP contribution is 2.27. The van der Waals surface area contributed by atoms with Crippen molar-refractivity contribution in [3.05, 3.63) is 47.8 Å². The first kappa shape index (κ1) is 14.1. The van der Waals surface area contributed by atoms with Gasteiger partial charge in [0.1, 0.15) is 5.82 Å². The number of hydrogen-bond donors (Lipinski definition) is 0. The molecule has 2 aromatic carbocycles. The zero-order valence-corrected chi connectivity index (χ0v) is 12.5. The van der Waals surface area contributed by atoms with Crippen LogP contribution in [-0.4, -0.2) is 23.4 Å². The molecule has 110 valence electrons. The van der Waals surface area contributed by atoms with Gasteiger partial charge in [0.05, 0.1) is 0 Å². The molecule has 3 rings (SSSR count). The number of amides is 1. The summed E-state index contributed by atoms with van der Waals surface area (Å²) >= 11 is 0. The van der Waals surface area contributed by atoms with E-state index < -0.39 is 0 Å². The smallest absolute Gasteiger partial charge is 0.254 e. The molecule has 1 amide bonds. The fraction of sp³-hybridized carbons (Fsp3) is 0.389. The highest BCUT2D eigenvalue weighted by atomic mass is 19.1. The Bertz CT molecular complexity index is 682. The fourth-order valence-corrected chi connectivity index (χ4v) is 3.18. The predicted octanol–water partition coefficient (Wildman–Crippen LogP) is 4.24. The Balaban J connectivity index is 2.04. The monoisotopic (exact) mass is 285 g/mol. The number of carbonyl (C=O) groups is 1. The van der Waals surface area contributed by atoms with Crippen molar-refractivity contribution in [1.29, 1.82) is 0 Å². The summed E-state index contributed by atoms with van der Waals surface area (Å²) in [6.45, 7) is 5.05. The van der Waals surface area contributed by atoms with E-state index in [0.717, 1.165) is 19.4 Å². The van der Waals surface area contributed by atoms with Gasteiger partial charge in [-0.15, -0.1) is 0 Å². The van der Waals surface area contributed by atoms with Crippen molar-refractivity contribution in [2.75, 3.05) is 6.54 Å². The van der Waals surface area contributed by atoms with Crippen molar-refractivity contribution in [2.45, 2.75) is 32.7 Å². The lowest BCUT2D eigenvalue weighted by molar-refractivity contribution is 0.0576. The summed E-state index contributed by atoms with van der Waals surface area (Å²) in [6.07, 6.45) is 2.20. The first-order valence-corrected chi connectivity index (χ1v) is 7.56. The van der Waals surface area contributed by atoms with Gasteiger partial charge in [0, 0.05) is 23.5 Å². The molecule has 2 nitrogen and oxygen atoms in total. The summed E-state index contributed by atoms with van der Waals surface area (Å²) in [5.74, 6) is 0.268. The molecule has 21 heavy (non-hydrogen) atoms. The molecule has 0 radical (unpaired) electrons. The number of fused-ring (bicyclic) bond motifs is 1. The maximum absolute atomic E-state index is 13.9. The topological polar surface area (TPSA) is 20.3 Å². The van der Waals surface area contributed by atoms with Gasteiger partial charge in [-0.1, -0.05) is 31.2 Å². The fourth-order valence-electron chi connectivity index (χ4n) is 3.18.